The van der Waals surface area contributed by atoms with Crippen molar-refractivity contribution in [2.75, 3.05) is 11.9 Å². The predicted molar refractivity (Wildman–Crippen MR) is 65.5 cm³/mol. The quantitative estimate of drug-likeness (QED) is 0.632. The van der Waals surface area contributed by atoms with Crippen LogP contribution in [0.5, 0.6) is 0 Å². The van der Waals surface area contributed by atoms with Crippen molar-refractivity contribution in [2.24, 2.45) is 0 Å². The maximum Gasteiger partial charge on any atom is 0.156 e. The Morgan fingerprint density at radius 1 is 1.12 bits per heavy atom. The van der Waals surface area contributed by atoms with Crippen LogP contribution >= 0.6 is 15.9 Å². The van der Waals surface area contributed by atoms with E-state index in [0.717, 1.165) is 10.2 Å². The van der Waals surface area contributed by atoms with Crippen LogP contribution in [-0.4, -0.2) is 46.5 Å². The summed E-state index contributed by atoms with van der Waals surface area (Å²) in [6.07, 6.45) is -4.14. The van der Waals surface area contributed by atoms with Gasteiger partial charge in [-0.15, -0.1) is 0 Å². The van der Waals surface area contributed by atoms with Crippen molar-refractivity contribution >= 4 is 21.6 Å². The molecule has 17 heavy (non-hydrogen) atoms. The van der Waals surface area contributed by atoms with Gasteiger partial charge in [-0.1, -0.05) is 15.9 Å². The van der Waals surface area contributed by atoms with Crippen LogP contribution in [0.25, 0.3) is 0 Å². The normalized spacial score (nSPS) is 33.4. The summed E-state index contributed by atoms with van der Waals surface area (Å²) in [6.45, 7) is -0.00752. The molecule has 6 heteroatoms. The molecule has 1 aliphatic rings. The van der Waals surface area contributed by atoms with Crippen molar-refractivity contribution in [1.29, 1.82) is 0 Å². The number of rotatable bonds is 2. The summed E-state index contributed by atoms with van der Waals surface area (Å²) in [5, 5.41) is 31.5. The first-order chi connectivity index (χ1) is 8.08. The molecule has 4 N–H and O–H groups in total. The smallest absolute Gasteiger partial charge is 0.156 e. The second-order valence-corrected chi connectivity index (χ2v) is 4.87. The number of anilines is 1. The van der Waals surface area contributed by atoms with Gasteiger partial charge in [0.05, 0.1) is 6.61 Å². The summed E-state index contributed by atoms with van der Waals surface area (Å²) in [5.41, 5.74) is 0.765. The van der Waals surface area contributed by atoms with Crippen LogP contribution in [0, 0.1) is 0 Å². The Bertz CT molecular complexity index is 372. The van der Waals surface area contributed by atoms with Gasteiger partial charge in [-0.05, 0) is 24.3 Å². The first kappa shape index (κ1) is 12.8. The molecule has 0 bridgehead atoms. The average Bonchev–Trinajstić information content (AvgIpc) is 2.33. The lowest BCUT2D eigenvalue weighted by Crippen LogP contribution is -2.55. The van der Waals surface area contributed by atoms with Gasteiger partial charge in [0.25, 0.3) is 0 Å². The summed E-state index contributed by atoms with van der Waals surface area (Å²) in [6, 6.07) is 7.33. The molecule has 1 aromatic rings. The zero-order valence-corrected chi connectivity index (χ0v) is 10.5. The van der Waals surface area contributed by atoms with Crippen LogP contribution in [0.2, 0.25) is 0 Å². The van der Waals surface area contributed by atoms with Crippen molar-refractivity contribution in [3.63, 3.8) is 0 Å². The van der Waals surface area contributed by atoms with Gasteiger partial charge in [0.1, 0.15) is 18.3 Å². The minimum atomic E-state index is -1.20. The third-order valence-corrected chi connectivity index (χ3v) is 3.18. The fraction of sp³-hybridized carbons (Fsp3) is 0.455. The number of aliphatic hydroxyl groups is 3. The highest BCUT2D eigenvalue weighted by Crippen LogP contribution is 2.20. The lowest BCUT2D eigenvalue weighted by Gasteiger charge is -2.35. The molecular formula is C11H14BrNO4. The monoisotopic (exact) mass is 303 g/mol. The van der Waals surface area contributed by atoms with E-state index in [2.05, 4.69) is 21.2 Å². The molecule has 1 heterocycles. The Kier molecular flexibility index (Phi) is 4.01. The van der Waals surface area contributed by atoms with Crippen LogP contribution in [0.4, 0.5) is 5.69 Å². The number of ether oxygens (including phenoxy) is 1. The van der Waals surface area contributed by atoms with E-state index in [1.807, 2.05) is 24.3 Å². The van der Waals surface area contributed by atoms with Crippen LogP contribution in [0.15, 0.2) is 28.7 Å². The maximum atomic E-state index is 9.72. The van der Waals surface area contributed by atoms with Crippen molar-refractivity contribution in [3.05, 3.63) is 28.7 Å². The fourth-order valence-electron chi connectivity index (χ4n) is 1.64. The van der Waals surface area contributed by atoms with Crippen molar-refractivity contribution < 1.29 is 20.1 Å². The summed E-state index contributed by atoms with van der Waals surface area (Å²) in [4.78, 5) is 0. The second-order valence-electron chi connectivity index (χ2n) is 3.95. The molecule has 1 aliphatic heterocycles. The predicted octanol–water partition coefficient (Wildman–Crippen LogP) is 0.300. The van der Waals surface area contributed by atoms with Gasteiger partial charge in [0, 0.05) is 10.2 Å². The number of hydrogen-bond acceptors (Lipinski definition) is 5. The molecular weight excluding hydrogens is 290 g/mol. The molecule has 0 saturated carbocycles. The average molecular weight is 304 g/mol. The minimum absolute atomic E-state index is 0.00752. The highest BCUT2D eigenvalue weighted by Gasteiger charge is 2.37. The van der Waals surface area contributed by atoms with Gasteiger partial charge in [-0.25, -0.2) is 0 Å². The first-order valence-electron chi connectivity index (χ1n) is 5.26. The Labute approximate surface area is 107 Å². The summed E-state index contributed by atoms with van der Waals surface area (Å²) < 4.78 is 6.17. The Morgan fingerprint density at radius 2 is 1.76 bits per heavy atom. The van der Waals surface area contributed by atoms with E-state index < -0.39 is 24.5 Å². The highest BCUT2D eigenvalue weighted by molar-refractivity contribution is 9.10. The molecule has 1 saturated heterocycles. The van der Waals surface area contributed by atoms with Crippen molar-refractivity contribution in [2.45, 2.75) is 24.5 Å². The molecule has 1 fully saturated rings. The van der Waals surface area contributed by atoms with E-state index in [0.29, 0.717) is 0 Å². The summed E-state index contributed by atoms with van der Waals surface area (Å²) in [7, 11) is 0. The number of hydrogen-bond donors (Lipinski definition) is 4. The first-order valence-corrected chi connectivity index (χ1v) is 6.05. The molecule has 0 amide bonds. The lowest BCUT2D eigenvalue weighted by molar-refractivity contribution is -0.178. The van der Waals surface area contributed by atoms with Gasteiger partial charge >= 0.3 is 0 Å². The van der Waals surface area contributed by atoms with E-state index in [4.69, 9.17) is 4.74 Å². The molecule has 4 atom stereocenters. The van der Waals surface area contributed by atoms with Crippen molar-refractivity contribution in [1.82, 2.24) is 0 Å². The second kappa shape index (κ2) is 5.32. The largest absolute Gasteiger partial charge is 0.388 e. The maximum absolute atomic E-state index is 9.72. The van der Waals surface area contributed by atoms with Crippen molar-refractivity contribution in [3.8, 4) is 0 Å². The fourth-order valence-corrected chi connectivity index (χ4v) is 1.91. The van der Waals surface area contributed by atoms with Gasteiger partial charge < -0.3 is 25.4 Å². The van der Waals surface area contributed by atoms with Gasteiger partial charge in [0.15, 0.2) is 6.23 Å². The molecule has 0 spiro atoms. The van der Waals surface area contributed by atoms with Crippen LogP contribution in [0.1, 0.15) is 0 Å². The molecule has 0 aromatic heterocycles. The summed E-state index contributed by atoms with van der Waals surface area (Å²) in [5.74, 6) is 0. The molecule has 94 valence electrons. The zero-order chi connectivity index (χ0) is 12.4. The number of nitrogens with one attached hydrogen (secondary N) is 1. The van der Waals surface area contributed by atoms with Crippen LogP contribution < -0.4 is 5.32 Å². The third-order valence-electron chi connectivity index (χ3n) is 2.65. The molecule has 0 radical (unpaired) electrons. The molecule has 0 aliphatic carbocycles. The number of halogens is 1. The van der Waals surface area contributed by atoms with Gasteiger partial charge in [-0.2, -0.15) is 0 Å². The molecule has 0 unspecified atom stereocenters. The number of benzene rings is 1. The molecule has 1 aromatic carbocycles. The van der Waals surface area contributed by atoms with E-state index in [1.165, 1.54) is 0 Å². The Balaban J connectivity index is 2.01. The molecule has 2 rings (SSSR count). The third kappa shape index (κ3) is 2.97. The Morgan fingerprint density at radius 3 is 2.41 bits per heavy atom. The Hall–Kier alpha value is -0.660. The van der Waals surface area contributed by atoms with E-state index >= 15 is 0 Å². The zero-order valence-electron chi connectivity index (χ0n) is 8.95. The summed E-state index contributed by atoms with van der Waals surface area (Å²) >= 11 is 3.32. The topological polar surface area (TPSA) is 82.0 Å². The number of aliphatic hydroxyl groups excluding tert-OH is 3. The standard InChI is InChI=1S/C11H14BrNO4/c12-6-1-3-7(4-2-6)13-11-10(16)9(15)8(14)5-17-11/h1-4,8-11,13-16H,5H2/t8-,9+,10-,11+/m1/s1. The molecule has 5 nitrogen and oxygen atoms in total. The van der Waals surface area contributed by atoms with E-state index in [-0.39, 0.29) is 6.61 Å². The van der Waals surface area contributed by atoms with E-state index in [9.17, 15) is 15.3 Å². The van der Waals surface area contributed by atoms with Gasteiger partial charge in [0.2, 0.25) is 0 Å². The van der Waals surface area contributed by atoms with Crippen LogP contribution in [0.3, 0.4) is 0 Å². The van der Waals surface area contributed by atoms with Gasteiger partial charge in [-0.3, -0.25) is 0 Å². The SMILES string of the molecule is O[C@@H]1[C@@H](O)[C@@H](Nc2ccc(Br)cc2)OC[C@H]1O. The minimum Gasteiger partial charge on any atom is -0.388 e. The highest BCUT2D eigenvalue weighted by atomic mass is 79.9. The van der Waals surface area contributed by atoms with Crippen LogP contribution in [-0.2, 0) is 4.74 Å². The lowest BCUT2D eigenvalue weighted by atomic mass is 10.0. The van der Waals surface area contributed by atoms with E-state index in [1.54, 1.807) is 0 Å².